The van der Waals surface area contributed by atoms with E-state index in [4.69, 9.17) is 14.4 Å². The van der Waals surface area contributed by atoms with Crippen molar-refractivity contribution >= 4 is 11.0 Å². The number of nitrogens with zero attached hydrogens (tertiary/aromatic N) is 1. The Morgan fingerprint density at radius 2 is 2.08 bits per heavy atom. The van der Waals surface area contributed by atoms with Crippen molar-refractivity contribution in [3.05, 3.63) is 65.2 Å². The lowest BCUT2D eigenvalue weighted by Crippen LogP contribution is -2.12. The molecule has 0 bridgehead atoms. The SMILES string of the molecule is Cc1c(CNCc2cccc(OCCCC#N)c2)oc2ccc(F)cc12. The van der Waals surface area contributed by atoms with Gasteiger partial charge < -0.3 is 14.5 Å². The van der Waals surface area contributed by atoms with Gasteiger partial charge in [0.1, 0.15) is 22.9 Å². The van der Waals surface area contributed by atoms with Gasteiger partial charge in [-0.25, -0.2) is 4.39 Å². The summed E-state index contributed by atoms with van der Waals surface area (Å²) in [5.41, 5.74) is 2.76. The van der Waals surface area contributed by atoms with Gasteiger partial charge in [-0.3, -0.25) is 0 Å². The number of ether oxygens (including phenoxy) is 1. The van der Waals surface area contributed by atoms with Crippen LogP contribution in [0.25, 0.3) is 11.0 Å². The first-order valence-electron chi connectivity index (χ1n) is 8.64. The molecule has 0 aliphatic heterocycles. The second-order valence-corrected chi connectivity index (χ2v) is 6.15. The molecule has 0 spiro atoms. The van der Waals surface area contributed by atoms with Gasteiger partial charge in [0.2, 0.25) is 0 Å². The largest absolute Gasteiger partial charge is 0.494 e. The van der Waals surface area contributed by atoms with Gasteiger partial charge in [-0.15, -0.1) is 0 Å². The molecule has 0 amide bonds. The van der Waals surface area contributed by atoms with Crippen molar-refractivity contribution < 1.29 is 13.5 Å². The summed E-state index contributed by atoms with van der Waals surface area (Å²) >= 11 is 0. The van der Waals surface area contributed by atoms with E-state index in [1.165, 1.54) is 12.1 Å². The number of hydrogen-bond acceptors (Lipinski definition) is 4. The Morgan fingerprint density at radius 1 is 1.19 bits per heavy atom. The molecular formula is C21H21FN2O2. The van der Waals surface area contributed by atoms with E-state index in [1.54, 1.807) is 6.07 Å². The lowest BCUT2D eigenvalue weighted by molar-refractivity contribution is 0.312. The van der Waals surface area contributed by atoms with Crippen LogP contribution in [-0.4, -0.2) is 6.61 Å². The molecule has 4 nitrogen and oxygen atoms in total. The molecule has 0 aliphatic carbocycles. The fourth-order valence-electron chi connectivity index (χ4n) is 2.82. The van der Waals surface area contributed by atoms with E-state index in [9.17, 15) is 4.39 Å². The summed E-state index contributed by atoms with van der Waals surface area (Å²) in [5, 5.41) is 12.7. The predicted octanol–water partition coefficient (Wildman–Crippen LogP) is 4.85. The van der Waals surface area contributed by atoms with Crippen LogP contribution in [0.3, 0.4) is 0 Å². The van der Waals surface area contributed by atoms with Crippen LogP contribution in [0, 0.1) is 24.1 Å². The Hall–Kier alpha value is -2.84. The molecule has 0 atom stereocenters. The molecule has 1 aromatic heterocycles. The molecule has 3 rings (SSSR count). The minimum absolute atomic E-state index is 0.257. The lowest BCUT2D eigenvalue weighted by atomic mass is 10.1. The van der Waals surface area contributed by atoms with Crippen LogP contribution in [-0.2, 0) is 13.1 Å². The number of unbranched alkanes of at least 4 members (excludes halogenated alkanes) is 1. The van der Waals surface area contributed by atoms with Crippen molar-refractivity contribution in [1.82, 2.24) is 5.32 Å². The highest BCUT2D eigenvalue weighted by atomic mass is 19.1. The van der Waals surface area contributed by atoms with E-state index in [0.717, 1.165) is 34.4 Å². The molecule has 1 heterocycles. The van der Waals surface area contributed by atoms with Gasteiger partial charge in [-0.05, 0) is 54.8 Å². The highest BCUT2D eigenvalue weighted by Gasteiger charge is 2.10. The first-order chi connectivity index (χ1) is 12.7. The quantitative estimate of drug-likeness (QED) is 0.589. The number of aryl methyl sites for hydroxylation is 1. The number of benzene rings is 2. The number of nitriles is 1. The van der Waals surface area contributed by atoms with Crippen molar-refractivity contribution in [2.75, 3.05) is 6.61 Å². The van der Waals surface area contributed by atoms with Crippen LogP contribution in [0.15, 0.2) is 46.9 Å². The second-order valence-electron chi connectivity index (χ2n) is 6.15. The molecule has 0 aliphatic rings. The van der Waals surface area contributed by atoms with Gasteiger partial charge in [-0.2, -0.15) is 5.26 Å². The molecule has 0 saturated heterocycles. The summed E-state index contributed by atoms with van der Waals surface area (Å²) in [5.74, 6) is 1.36. The summed E-state index contributed by atoms with van der Waals surface area (Å²) in [6.45, 7) is 3.72. The van der Waals surface area contributed by atoms with Crippen LogP contribution >= 0.6 is 0 Å². The van der Waals surface area contributed by atoms with Crippen LogP contribution in [0.5, 0.6) is 5.75 Å². The molecule has 2 aromatic carbocycles. The maximum absolute atomic E-state index is 13.4. The number of halogens is 1. The van der Waals surface area contributed by atoms with Crippen LogP contribution in [0.4, 0.5) is 4.39 Å². The Labute approximate surface area is 152 Å². The van der Waals surface area contributed by atoms with Crippen molar-refractivity contribution in [3.63, 3.8) is 0 Å². The normalized spacial score (nSPS) is 10.8. The smallest absolute Gasteiger partial charge is 0.134 e. The third-order valence-electron chi connectivity index (χ3n) is 4.21. The zero-order chi connectivity index (χ0) is 18.4. The van der Waals surface area contributed by atoms with Crippen molar-refractivity contribution in [3.8, 4) is 11.8 Å². The average molecular weight is 352 g/mol. The number of nitrogens with one attached hydrogen (secondary N) is 1. The predicted molar refractivity (Wildman–Crippen MR) is 98.2 cm³/mol. The molecule has 1 N–H and O–H groups in total. The molecule has 0 unspecified atom stereocenters. The molecule has 0 fully saturated rings. The van der Waals surface area contributed by atoms with Crippen molar-refractivity contribution in [2.45, 2.75) is 32.9 Å². The minimum Gasteiger partial charge on any atom is -0.494 e. The van der Waals surface area contributed by atoms with E-state index in [-0.39, 0.29) is 5.82 Å². The van der Waals surface area contributed by atoms with Gasteiger partial charge in [0.15, 0.2) is 0 Å². The van der Waals surface area contributed by atoms with Gasteiger partial charge >= 0.3 is 0 Å². The minimum atomic E-state index is -0.257. The summed E-state index contributed by atoms with van der Waals surface area (Å²) in [7, 11) is 0. The highest BCUT2D eigenvalue weighted by Crippen LogP contribution is 2.26. The molecular weight excluding hydrogens is 331 g/mol. The number of hydrogen-bond donors (Lipinski definition) is 1. The van der Waals surface area contributed by atoms with E-state index < -0.39 is 0 Å². The highest BCUT2D eigenvalue weighted by molar-refractivity contribution is 5.82. The molecule has 5 heteroatoms. The first-order valence-corrected chi connectivity index (χ1v) is 8.64. The maximum atomic E-state index is 13.4. The Bertz CT molecular complexity index is 927. The monoisotopic (exact) mass is 352 g/mol. The van der Waals surface area contributed by atoms with E-state index in [2.05, 4.69) is 11.4 Å². The zero-order valence-electron chi connectivity index (χ0n) is 14.7. The molecule has 26 heavy (non-hydrogen) atoms. The second kappa shape index (κ2) is 8.50. The van der Waals surface area contributed by atoms with E-state index in [1.807, 2.05) is 31.2 Å². The molecule has 0 radical (unpaired) electrons. The molecule has 0 saturated carbocycles. The number of rotatable bonds is 8. The van der Waals surface area contributed by atoms with Crippen molar-refractivity contribution in [2.24, 2.45) is 0 Å². The Kier molecular flexibility index (Phi) is 5.88. The Balaban J connectivity index is 1.56. The topological polar surface area (TPSA) is 58.2 Å². The van der Waals surface area contributed by atoms with Gasteiger partial charge in [0.25, 0.3) is 0 Å². The van der Waals surface area contributed by atoms with Gasteiger partial charge in [-0.1, -0.05) is 12.1 Å². The molecule has 134 valence electrons. The lowest BCUT2D eigenvalue weighted by Gasteiger charge is -2.08. The van der Waals surface area contributed by atoms with E-state index in [0.29, 0.717) is 31.7 Å². The zero-order valence-corrected chi connectivity index (χ0v) is 14.7. The summed E-state index contributed by atoms with van der Waals surface area (Å²) < 4.78 is 24.8. The Morgan fingerprint density at radius 3 is 2.92 bits per heavy atom. The standard InChI is InChI=1S/C21H21FN2O2/c1-15-19-12-17(22)7-8-20(19)26-21(15)14-24-13-16-5-4-6-18(11-16)25-10-3-2-9-23/h4-8,11-12,24H,2-3,10,13-14H2,1H3. The number of fused-ring (bicyclic) bond motifs is 1. The fourth-order valence-corrected chi connectivity index (χ4v) is 2.82. The number of furan rings is 1. The van der Waals surface area contributed by atoms with Crippen LogP contribution < -0.4 is 10.1 Å². The average Bonchev–Trinajstić information content (AvgIpc) is 2.95. The van der Waals surface area contributed by atoms with Crippen LogP contribution in [0.1, 0.15) is 29.7 Å². The fraction of sp³-hybridized carbons (Fsp3) is 0.286. The molecule has 3 aromatic rings. The maximum Gasteiger partial charge on any atom is 0.134 e. The first kappa shape index (κ1) is 18.0. The third kappa shape index (κ3) is 4.41. The van der Waals surface area contributed by atoms with Gasteiger partial charge in [0.05, 0.1) is 19.2 Å². The van der Waals surface area contributed by atoms with Gasteiger partial charge in [0, 0.05) is 18.4 Å². The summed E-state index contributed by atoms with van der Waals surface area (Å²) in [4.78, 5) is 0. The summed E-state index contributed by atoms with van der Waals surface area (Å²) in [6, 6.07) is 14.6. The van der Waals surface area contributed by atoms with Crippen molar-refractivity contribution in [1.29, 1.82) is 5.26 Å². The van der Waals surface area contributed by atoms with Crippen LogP contribution in [0.2, 0.25) is 0 Å². The summed E-state index contributed by atoms with van der Waals surface area (Å²) in [6.07, 6.45) is 1.23. The third-order valence-corrected chi connectivity index (χ3v) is 4.21. The van der Waals surface area contributed by atoms with E-state index >= 15 is 0 Å².